The predicted molar refractivity (Wildman–Crippen MR) is 79.8 cm³/mol. The van der Waals surface area contributed by atoms with Crippen LogP contribution in [-0.4, -0.2) is 22.5 Å². The topological polar surface area (TPSA) is 58.6 Å². The number of nitrogens with one attached hydrogen (secondary N) is 1. The van der Waals surface area contributed by atoms with Gasteiger partial charge in [0, 0.05) is 5.69 Å². The second-order valence-corrected chi connectivity index (χ2v) is 4.34. The van der Waals surface area contributed by atoms with Crippen molar-refractivity contribution in [2.24, 2.45) is 0 Å². The van der Waals surface area contributed by atoms with Gasteiger partial charge in [0.2, 0.25) is 0 Å². The van der Waals surface area contributed by atoms with E-state index in [1.165, 1.54) is 13.8 Å². The second kappa shape index (κ2) is 6.89. The first-order chi connectivity index (χ1) is 8.95. The highest BCUT2D eigenvalue weighted by Crippen LogP contribution is 2.17. The molecule has 0 bridgehead atoms. The number of ketones is 1. The van der Waals surface area contributed by atoms with Crippen LogP contribution in [0.3, 0.4) is 0 Å². The lowest BCUT2D eigenvalue weighted by molar-refractivity contribution is -0.113. The maximum atomic E-state index is 11.4. The Balaban J connectivity index is 2.82. The second-order valence-electron chi connectivity index (χ2n) is 3.93. The Bertz CT molecular complexity index is 502. The summed E-state index contributed by atoms with van der Waals surface area (Å²) in [6, 6.07) is 7.19. The smallest absolute Gasteiger partial charge is 0.166 e. The van der Waals surface area contributed by atoms with Gasteiger partial charge in [-0.15, -0.1) is 0 Å². The summed E-state index contributed by atoms with van der Waals surface area (Å²) in [5, 5.41) is 12.4. The number of benzene rings is 1. The number of anilines is 1. The van der Waals surface area contributed by atoms with Gasteiger partial charge in [0.15, 0.2) is 5.78 Å². The number of rotatable bonds is 5. The lowest BCUT2D eigenvalue weighted by Crippen LogP contribution is -2.18. The molecule has 0 spiro atoms. The zero-order chi connectivity index (χ0) is 14.4. The van der Waals surface area contributed by atoms with Gasteiger partial charge in [0.05, 0.1) is 12.2 Å². The molecule has 4 nitrogen and oxygen atoms in total. The highest BCUT2D eigenvalue weighted by atomic mass is 32.1. The number of ether oxygens (including phenoxy) is 1. The van der Waals surface area contributed by atoms with Gasteiger partial charge in [-0.05, 0) is 45.0 Å². The van der Waals surface area contributed by atoms with E-state index >= 15 is 0 Å². The summed E-state index contributed by atoms with van der Waals surface area (Å²) >= 11 is 5.11. The molecule has 1 rings (SSSR count). The van der Waals surface area contributed by atoms with Crippen LogP contribution in [0.15, 0.2) is 35.6 Å². The van der Waals surface area contributed by atoms with Gasteiger partial charge in [-0.2, -0.15) is 0 Å². The third-order valence-corrected chi connectivity index (χ3v) is 2.67. The maximum Gasteiger partial charge on any atom is 0.166 e. The SMILES string of the molecule is CCOc1ccc(NC(=S)C(C(C)=O)=C(C)O)cc1. The molecule has 0 aliphatic carbocycles. The molecule has 0 aliphatic heterocycles. The molecule has 0 heterocycles. The Labute approximate surface area is 118 Å². The molecule has 0 aromatic heterocycles. The van der Waals surface area contributed by atoms with Crippen molar-refractivity contribution >= 4 is 28.7 Å². The van der Waals surface area contributed by atoms with Gasteiger partial charge in [-0.25, -0.2) is 0 Å². The van der Waals surface area contributed by atoms with Crippen molar-refractivity contribution in [2.75, 3.05) is 11.9 Å². The van der Waals surface area contributed by atoms with Gasteiger partial charge < -0.3 is 15.2 Å². The van der Waals surface area contributed by atoms with Gasteiger partial charge in [-0.3, -0.25) is 4.79 Å². The van der Waals surface area contributed by atoms with Crippen molar-refractivity contribution in [1.29, 1.82) is 0 Å². The fourth-order valence-corrected chi connectivity index (χ4v) is 1.98. The molecule has 0 unspecified atom stereocenters. The molecule has 1 aromatic rings. The van der Waals surface area contributed by atoms with E-state index in [-0.39, 0.29) is 22.1 Å². The van der Waals surface area contributed by atoms with Crippen molar-refractivity contribution < 1.29 is 14.6 Å². The molecule has 0 amide bonds. The van der Waals surface area contributed by atoms with Crippen molar-refractivity contribution in [3.05, 3.63) is 35.6 Å². The molecule has 0 radical (unpaired) electrons. The van der Waals surface area contributed by atoms with Crippen LogP contribution in [0.5, 0.6) is 5.75 Å². The zero-order valence-corrected chi connectivity index (χ0v) is 12.0. The fourth-order valence-electron chi connectivity index (χ4n) is 1.57. The molecular weight excluding hydrogens is 262 g/mol. The van der Waals surface area contributed by atoms with E-state index in [0.29, 0.717) is 6.61 Å². The van der Waals surface area contributed by atoms with Crippen molar-refractivity contribution in [1.82, 2.24) is 0 Å². The highest BCUT2D eigenvalue weighted by Gasteiger charge is 2.14. The van der Waals surface area contributed by atoms with Crippen LogP contribution in [0.1, 0.15) is 20.8 Å². The third-order valence-electron chi connectivity index (χ3n) is 2.36. The minimum Gasteiger partial charge on any atom is -0.512 e. The third kappa shape index (κ3) is 4.37. The van der Waals surface area contributed by atoms with Gasteiger partial charge in [0.1, 0.15) is 16.5 Å². The molecule has 1 aromatic carbocycles. The van der Waals surface area contributed by atoms with E-state index < -0.39 is 0 Å². The summed E-state index contributed by atoms with van der Waals surface area (Å²) in [6.45, 7) is 5.31. The Morgan fingerprint density at radius 2 is 1.89 bits per heavy atom. The largest absolute Gasteiger partial charge is 0.512 e. The standard InChI is InChI=1S/C14H17NO3S/c1-4-18-12-7-5-11(6-8-12)15-14(19)13(9(2)16)10(3)17/h5-8,16H,4H2,1-3H3,(H,15,19). The Hall–Kier alpha value is -1.88. The fraction of sp³-hybridized carbons (Fsp3) is 0.286. The number of carbonyl (C=O) groups is 1. The molecule has 0 atom stereocenters. The average Bonchev–Trinajstić information content (AvgIpc) is 2.31. The van der Waals surface area contributed by atoms with E-state index in [2.05, 4.69) is 5.32 Å². The molecular formula is C14H17NO3S. The van der Waals surface area contributed by atoms with E-state index in [4.69, 9.17) is 17.0 Å². The Morgan fingerprint density at radius 3 is 2.32 bits per heavy atom. The number of Topliss-reactive ketones (excluding diaryl/α,β-unsaturated/α-hetero) is 1. The lowest BCUT2D eigenvalue weighted by atomic mass is 10.1. The molecule has 19 heavy (non-hydrogen) atoms. The average molecular weight is 279 g/mol. The van der Waals surface area contributed by atoms with E-state index in [9.17, 15) is 9.90 Å². The summed E-state index contributed by atoms with van der Waals surface area (Å²) in [6.07, 6.45) is 0. The summed E-state index contributed by atoms with van der Waals surface area (Å²) in [5.74, 6) is 0.402. The maximum absolute atomic E-state index is 11.4. The van der Waals surface area contributed by atoms with Crippen LogP contribution in [0.25, 0.3) is 0 Å². The molecule has 0 saturated heterocycles. The van der Waals surface area contributed by atoms with Gasteiger partial charge >= 0.3 is 0 Å². The minimum absolute atomic E-state index is 0.0871. The number of aliphatic hydroxyl groups is 1. The minimum atomic E-state index is -0.275. The predicted octanol–water partition coefficient (Wildman–Crippen LogP) is 3.25. The number of thiocarbonyl (C=S) groups is 1. The van der Waals surface area contributed by atoms with E-state index in [1.807, 2.05) is 6.92 Å². The summed E-state index contributed by atoms with van der Waals surface area (Å²) in [7, 11) is 0. The quantitative estimate of drug-likeness (QED) is 0.492. The number of hydrogen-bond donors (Lipinski definition) is 2. The molecule has 5 heteroatoms. The van der Waals surface area contributed by atoms with Crippen LogP contribution < -0.4 is 10.1 Å². The first kappa shape index (κ1) is 15.2. The number of hydrogen-bond acceptors (Lipinski definition) is 4. The van der Waals surface area contributed by atoms with Crippen LogP contribution >= 0.6 is 12.2 Å². The first-order valence-corrected chi connectivity index (χ1v) is 6.31. The normalized spacial score (nSPS) is 11.5. The number of carbonyl (C=O) groups excluding carboxylic acids is 1. The molecule has 102 valence electrons. The lowest BCUT2D eigenvalue weighted by Gasteiger charge is -2.11. The van der Waals surface area contributed by atoms with Crippen LogP contribution in [-0.2, 0) is 4.79 Å². The Kier molecular flexibility index (Phi) is 5.51. The zero-order valence-electron chi connectivity index (χ0n) is 11.2. The van der Waals surface area contributed by atoms with Crippen molar-refractivity contribution in [3.8, 4) is 5.75 Å². The van der Waals surface area contributed by atoms with Crippen LogP contribution in [0.2, 0.25) is 0 Å². The summed E-state index contributed by atoms with van der Waals surface area (Å²) in [5.41, 5.74) is 0.859. The van der Waals surface area contributed by atoms with Crippen LogP contribution in [0.4, 0.5) is 5.69 Å². The van der Waals surface area contributed by atoms with Crippen molar-refractivity contribution in [3.63, 3.8) is 0 Å². The van der Waals surface area contributed by atoms with Gasteiger partial charge in [-0.1, -0.05) is 12.2 Å². The number of aliphatic hydroxyl groups excluding tert-OH is 1. The molecule has 0 fully saturated rings. The van der Waals surface area contributed by atoms with Crippen molar-refractivity contribution in [2.45, 2.75) is 20.8 Å². The Morgan fingerprint density at radius 1 is 1.32 bits per heavy atom. The highest BCUT2D eigenvalue weighted by molar-refractivity contribution is 7.81. The van der Waals surface area contributed by atoms with E-state index in [1.54, 1.807) is 24.3 Å². The number of allylic oxidation sites excluding steroid dienone is 1. The summed E-state index contributed by atoms with van der Waals surface area (Å²) in [4.78, 5) is 11.6. The molecule has 0 aliphatic rings. The van der Waals surface area contributed by atoms with E-state index in [0.717, 1.165) is 11.4 Å². The molecule has 2 N–H and O–H groups in total. The summed E-state index contributed by atoms with van der Waals surface area (Å²) < 4.78 is 5.33. The first-order valence-electron chi connectivity index (χ1n) is 5.90. The molecule has 0 saturated carbocycles. The van der Waals surface area contributed by atoms with Gasteiger partial charge in [0.25, 0.3) is 0 Å². The monoisotopic (exact) mass is 279 g/mol. The van der Waals surface area contributed by atoms with Crippen LogP contribution in [0, 0.1) is 0 Å².